The van der Waals surface area contributed by atoms with Crippen LogP contribution in [-0.2, 0) is 4.79 Å². The molecular formula is C10H10Cl2FNO. The normalized spacial score (nSPS) is 12.3. The van der Waals surface area contributed by atoms with E-state index in [1.807, 2.05) is 0 Å². The molecule has 15 heavy (non-hydrogen) atoms. The molecule has 0 aliphatic carbocycles. The molecule has 1 N–H and O–H groups in total. The third kappa shape index (κ3) is 3.36. The van der Waals surface area contributed by atoms with Crippen LogP contribution < -0.4 is 5.32 Å². The lowest BCUT2D eigenvalue weighted by Crippen LogP contribution is -2.27. The Labute approximate surface area is 97.4 Å². The number of nitrogens with one attached hydrogen (secondary N) is 1. The van der Waals surface area contributed by atoms with Gasteiger partial charge in [0.1, 0.15) is 11.7 Å². The molecule has 0 spiro atoms. The summed E-state index contributed by atoms with van der Waals surface area (Å²) >= 11 is 11.0. The molecule has 0 heterocycles. The van der Waals surface area contributed by atoms with Crippen LogP contribution in [0.5, 0.6) is 0 Å². The van der Waals surface area contributed by atoms with Crippen molar-refractivity contribution in [1.29, 1.82) is 0 Å². The number of hydrogen-bond donors (Lipinski definition) is 1. The maximum absolute atomic E-state index is 12.9. The molecule has 0 unspecified atom stereocenters. The summed E-state index contributed by atoms with van der Waals surface area (Å²) in [5.41, 5.74) is 0.736. The molecule has 0 saturated carbocycles. The van der Waals surface area contributed by atoms with Crippen molar-refractivity contribution in [2.24, 2.45) is 0 Å². The minimum atomic E-state index is -0.476. The highest BCUT2D eigenvalue weighted by Crippen LogP contribution is 2.20. The maximum atomic E-state index is 12.9. The smallest absolute Gasteiger partial charge is 0.235 e. The van der Waals surface area contributed by atoms with Crippen LogP contribution in [-0.4, -0.2) is 11.8 Å². The van der Waals surface area contributed by atoms with Crippen molar-refractivity contribution in [3.05, 3.63) is 34.6 Å². The van der Waals surface area contributed by atoms with Crippen molar-refractivity contribution in [2.45, 2.75) is 13.0 Å². The highest BCUT2D eigenvalue weighted by molar-refractivity contribution is 6.30. The Kier molecular flexibility index (Phi) is 4.36. The highest BCUT2D eigenvalue weighted by atomic mass is 35.5. The Bertz CT molecular complexity index is 370. The molecule has 1 rings (SSSR count). The molecule has 1 amide bonds. The summed E-state index contributed by atoms with van der Waals surface area (Å²) in [7, 11) is 0. The largest absolute Gasteiger partial charge is 0.349 e. The van der Waals surface area contributed by atoms with E-state index in [9.17, 15) is 9.18 Å². The van der Waals surface area contributed by atoms with Crippen LogP contribution >= 0.6 is 23.2 Å². The zero-order valence-corrected chi connectivity index (χ0v) is 9.57. The van der Waals surface area contributed by atoms with E-state index in [2.05, 4.69) is 5.32 Å². The van der Waals surface area contributed by atoms with Crippen molar-refractivity contribution in [3.63, 3.8) is 0 Å². The molecule has 0 aliphatic rings. The molecular weight excluding hydrogens is 240 g/mol. The maximum Gasteiger partial charge on any atom is 0.235 e. The van der Waals surface area contributed by atoms with Crippen LogP contribution in [0.25, 0.3) is 0 Å². The Morgan fingerprint density at radius 1 is 1.60 bits per heavy atom. The molecule has 0 aromatic heterocycles. The average molecular weight is 250 g/mol. The van der Waals surface area contributed by atoms with Gasteiger partial charge in [-0.3, -0.25) is 4.79 Å². The van der Waals surface area contributed by atoms with E-state index >= 15 is 0 Å². The number of amides is 1. The highest BCUT2D eigenvalue weighted by Gasteiger charge is 2.10. The molecule has 0 aliphatic heterocycles. The van der Waals surface area contributed by atoms with Crippen LogP contribution in [0.1, 0.15) is 18.5 Å². The molecule has 1 aromatic rings. The van der Waals surface area contributed by atoms with Gasteiger partial charge in [0.05, 0.1) is 11.1 Å². The summed E-state index contributed by atoms with van der Waals surface area (Å²) in [5.74, 6) is -0.847. The van der Waals surface area contributed by atoms with Gasteiger partial charge in [-0.15, -0.1) is 11.6 Å². The van der Waals surface area contributed by atoms with E-state index in [1.54, 1.807) is 13.0 Å². The van der Waals surface area contributed by atoms with Crippen LogP contribution in [0, 0.1) is 5.82 Å². The molecule has 1 aromatic carbocycles. The Morgan fingerprint density at radius 3 is 2.80 bits per heavy atom. The van der Waals surface area contributed by atoms with Gasteiger partial charge in [0.2, 0.25) is 5.91 Å². The second kappa shape index (κ2) is 5.33. The van der Waals surface area contributed by atoms with Crippen molar-refractivity contribution in [1.82, 2.24) is 5.32 Å². The fourth-order valence-electron chi connectivity index (χ4n) is 1.15. The zero-order chi connectivity index (χ0) is 11.4. The summed E-state index contributed by atoms with van der Waals surface area (Å²) in [5, 5.41) is 2.68. The lowest BCUT2D eigenvalue weighted by Gasteiger charge is -2.13. The molecule has 0 radical (unpaired) electrons. The molecule has 5 heteroatoms. The fraction of sp³-hybridized carbons (Fsp3) is 0.300. The van der Waals surface area contributed by atoms with E-state index in [-0.39, 0.29) is 22.9 Å². The topological polar surface area (TPSA) is 29.1 Å². The van der Waals surface area contributed by atoms with Crippen molar-refractivity contribution in [2.75, 3.05) is 5.88 Å². The van der Waals surface area contributed by atoms with Gasteiger partial charge >= 0.3 is 0 Å². The number of halogens is 3. The predicted molar refractivity (Wildman–Crippen MR) is 58.7 cm³/mol. The van der Waals surface area contributed by atoms with Gasteiger partial charge in [-0.2, -0.15) is 0 Å². The van der Waals surface area contributed by atoms with Crippen LogP contribution in [0.2, 0.25) is 5.02 Å². The average Bonchev–Trinajstić information content (AvgIpc) is 2.21. The first-order valence-electron chi connectivity index (χ1n) is 4.35. The molecule has 0 bridgehead atoms. The Morgan fingerprint density at radius 2 is 2.27 bits per heavy atom. The van der Waals surface area contributed by atoms with Crippen LogP contribution in [0.4, 0.5) is 4.39 Å². The van der Waals surface area contributed by atoms with E-state index in [4.69, 9.17) is 23.2 Å². The number of alkyl halides is 1. The Balaban J connectivity index is 2.78. The Hall–Kier alpha value is -0.800. The minimum absolute atomic E-state index is 0.0412. The molecule has 1 atom stereocenters. The van der Waals surface area contributed by atoms with Crippen molar-refractivity contribution in [3.8, 4) is 0 Å². The number of carbonyl (C=O) groups is 1. The van der Waals surface area contributed by atoms with Gasteiger partial charge in [0.25, 0.3) is 0 Å². The molecule has 2 nitrogen and oxygen atoms in total. The number of hydrogen-bond acceptors (Lipinski definition) is 1. The van der Waals surface area contributed by atoms with E-state index < -0.39 is 5.82 Å². The van der Waals surface area contributed by atoms with E-state index in [0.29, 0.717) is 0 Å². The quantitative estimate of drug-likeness (QED) is 0.821. The van der Waals surface area contributed by atoms with E-state index in [1.165, 1.54) is 12.1 Å². The third-order valence-corrected chi connectivity index (χ3v) is 2.47. The summed E-state index contributed by atoms with van der Waals surface area (Å²) in [6, 6.07) is 4.08. The second-order valence-corrected chi connectivity index (χ2v) is 3.77. The standard InChI is InChI=1S/C10H10Cl2FNO/c1-6(14-10(15)5-11)7-2-3-9(13)8(12)4-7/h2-4,6H,5H2,1H3,(H,14,15)/t6-/m0/s1. The number of benzene rings is 1. The molecule has 0 saturated heterocycles. The lowest BCUT2D eigenvalue weighted by molar-refractivity contribution is -0.119. The van der Waals surface area contributed by atoms with Crippen molar-refractivity contribution >= 4 is 29.1 Å². The first kappa shape index (κ1) is 12.3. The second-order valence-electron chi connectivity index (χ2n) is 3.10. The summed E-state index contributed by atoms with van der Waals surface area (Å²) in [6.45, 7) is 1.77. The van der Waals surface area contributed by atoms with Crippen molar-refractivity contribution < 1.29 is 9.18 Å². The summed E-state index contributed by atoms with van der Waals surface area (Å²) in [6.07, 6.45) is 0. The first-order chi connectivity index (χ1) is 7.04. The van der Waals surface area contributed by atoms with Gasteiger partial charge < -0.3 is 5.32 Å². The van der Waals surface area contributed by atoms with E-state index in [0.717, 1.165) is 5.56 Å². The third-order valence-electron chi connectivity index (χ3n) is 1.94. The molecule has 0 fully saturated rings. The monoisotopic (exact) mass is 249 g/mol. The fourth-order valence-corrected chi connectivity index (χ4v) is 1.41. The number of rotatable bonds is 3. The summed E-state index contributed by atoms with van der Waals surface area (Å²) < 4.78 is 12.9. The minimum Gasteiger partial charge on any atom is -0.349 e. The lowest BCUT2D eigenvalue weighted by atomic mass is 10.1. The van der Waals surface area contributed by atoms with Crippen LogP contribution in [0.3, 0.4) is 0 Å². The van der Waals surface area contributed by atoms with Crippen LogP contribution in [0.15, 0.2) is 18.2 Å². The number of carbonyl (C=O) groups excluding carboxylic acids is 1. The zero-order valence-electron chi connectivity index (χ0n) is 8.06. The van der Waals surface area contributed by atoms with Gasteiger partial charge in [-0.25, -0.2) is 4.39 Å². The molecule has 82 valence electrons. The summed E-state index contributed by atoms with van der Waals surface area (Å²) in [4.78, 5) is 11.0. The van der Waals surface area contributed by atoms with Gasteiger partial charge in [-0.1, -0.05) is 17.7 Å². The first-order valence-corrected chi connectivity index (χ1v) is 5.26. The van der Waals surface area contributed by atoms with Gasteiger partial charge in [0.15, 0.2) is 0 Å². The predicted octanol–water partition coefficient (Wildman–Crippen LogP) is 2.90. The van der Waals surface area contributed by atoms with Gasteiger partial charge in [-0.05, 0) is 24.6 Å². The SMILES string of the molecule is C[C@H](NC(=O)CCl)c1ccc(F)c(Cl)c1. The van der Waals surface area contributed by atoms with Gasteiger partial charge in [0, 0.05) is 0 Å².